The van der Waals surface area contributed by atoms with Crippen molar-refractivity contribution in [2.24, 2.45) is 15.9 Å². The first-order valence-corrected chi connectivity index (χ1v) is 12.3. The molecule has 2 aliphatic heterocycles. The summed E-state index contributed by atoms with van der Waals surface area (Å²) in [5, 5.41) is 8.11. The molecule has 0 amide bonds. The second-order valence-electron chi connectivity index (χ2n) is 9.28. The average Bonchev–Trinajstić information content (AvgIpc) is 3.55. The number of aliphatic imine (C=N–C) groups is 2. The predicted octanol–water partition coefficient (Wildman–Crippen LogP) is 4.56. The van der Waals surface area contributed by atoms with Gasteiger partial charge in [0.25, 0.3) is 0 Å². The van der Waals surface area contributed by atoms with Crippen LogP contribution >= 0.6 is 0 Å². The number of nitrogens with one attached hydrogen (secondary N) is 3. The van der Waals surface area contributed by atoms with Crippen LogP contribution in [0.15, 0.2) is 58.6 Å². The third-order valence-electron chi connectivity index (χ3n) is 6.65. The summed E-state index contributed by atoms with van der Waals surface area (Å²) in [6.07, 6.45) is 4.61. The van der Waals surface area contributed by atoms with Crippen LogP contribution < -0.4 is 15.4 Å². The number of benzene rings is 2. The maximum atomic E-state index is 5.91. The largest absolute Gasteiger partial charge is 0.492 e. The highest BCUT2D eigenvalue weighted by Gasteiger charge is 2.18. The molecule has 34 heavy (non-hydrogen) atoms. The van der Waals surface area contributed by atoms with E-state index < -0.39 is 0 Å². The Morgan fingerprint density at radius 1 is 1.09 bits per heavy atom. The Kier molecular flexibility index (Phi) is 6.81. The number of aryl methyl sites for hydroxylation is 1. The fourth-order valence-electron chi connectivity index (χ4n) is 4.55. The summed E-state index contributed by atoms with van der Waals surface area (Å²) >= 11 is 0. The zero-order valence-corrected chi connectivity index (χ0v) is 20.1. The van der Waals surface area contributed by atoms with Gasteiger partial charge < -0.3 is 20.4 Å². The highest BCUT2D eigenvalue weighted by Crippen LogP contribution is 2.26. The Bertz CT molecular complexity index is 1170. The first kappa shape index (κ1) is 22.5. The molecule has 3 N–H and O–H groups in total. The third-order valence-corrected chi connectivity index (χ3v) is 6.65. The molecule has 1 aromatic heterocycles. The van der Waals surface area contributed by atoms with E-state index in [0.29, 0.717) is 19.0 Å². The lowest BCUT2D eigenvalue weighted by atomic mass is 10.1. The molecule has 5 rings (SSSR count). The van der Waals surface area contributed by atoms with E-state index >= 15 is 0 Å². The molecule has 3 heterocycles. The zero-order valence-electron chi connectivity index (χ0n) is 20.1. The molecule has 3 aromatic rings. The smallest absolute Gasteiger partial charge is 0.219 e. The van der Waals surface area contributed by atoms with E-state index in [-0.39, 0.29) is 5.92 Å². The summed E-state index contributed by atoms with van der Waals surface area (Å²) in [6, 6.07) is 14.6. The number of aromatic amines is 1. The lowest BCUT2D eigenvalue weighted by Crippen LogP contribution is -2.33. The van der Waals surface area contributed by atoms with Crippen LogP contribution in [0.2, 0.25) is 0 Å². The van der Waals surface area contributed by atoms with Crippen molar-refractivity contribution >= 4 is 28.4 Å². The first-order chi connectivity index (χ1) is 16.7. The van der Waals surface area contributed by atoms with Gasteiger partial charge in [-0.25, -0.2) is 0 Å². The highest BCUT2D eigenvalue weighted by atomic mass is 16.5. The van der Waals surface area contributed by atoms with Crippen LogP contribution in [-0.4, -0.2) is 54.5 Å². The quantitative estimate of drug-likeness (QED) is 0.485. The van der Waals surface area contributed by atoms with Crippen molar-refractivity contribution in [1.29, 1.82) is 0 Å². The monoisotopic (exact) mass is 458 g/mol. The minimum Gasteiger partial charge on any atom is -0.492 e. The SMILES string of the molecule is Cc1ccc(NC2=NC(NCc3ccc(OCCN4CCCC4)cc3)=NCC2C)c2cc[nH]c12. The van der Waals surface area contributed by atoms with E-state index in [0.717, 1.165) is 35.9 Å². The number of fused-ring (bicyclic) bond motifs is 1. The molecule has 2 aromatic carbocycles. The molecule has 0 spiro atoms. The fraction of sp³-hybridized carbons (Fsp3) is 0.407. The molecule has 1 unspecified atom stereocenters. The van der Waals surface area contributed by atoms with Crippen LogP contribution in [0.4, 0.5) is 5.69 Å². The van der Waals surface area contributed by atoms with E-state index in [9.17, 15) is 0 Å². The van der Waals surface area contributed by atoms with Gasteiger partial charge in [-0.15, -0.1) is 0 Å². The number of nitrogens with zero attached hydrogens (tertiary/aromatic N) is 3. The van der Waals surface area contributed by atoms with Crippen molar-refractivity contribution in [2.45, 2.75) is 33.2 Å². The van der Waals surface area contributed by atoms with Crippen LogP contribution in [0.5, 0.6) is 5.75 Å². The standard InChI is InChI=1S/C27H34N6O/c1-19-5-10-24(23-11-12-28-25(19)23)31-26-20(2)17-29-27(32-26)30-18-21-6-8-22(9-7-21)34-16-15-33-13-3-4-14-33/h5-12,20,28H,3-4,13-18H2,1-2H3,(H2,29,30,31,32). The zero-order chi connectivity index (χ0) is 23.3. The maximum absolute atomic E-state index is 5.91. The van der Waals surface area contributed by atoms with Crippen molar-refractivity contribution in [1.82, 2.24) is 15.2 Å². The van der Waals surface area contributed by atoms with Crippen LogP contribution in [0, 0.1) is 12.8 Å². The Balaban J connectivity index is 1.16. The van der Waals surface area contributed by atoms with E-state index in [2.05, 4.69) is 69.7 Å². The number of amidine groups is 1. The molecule has 0 bridgehead atoms. The van der Waals surface area contributed by atoms with E-state index in [1.807, 2.05) is 18.3 Å². The molecule has 1 fully saturated rings. The number of likely N-dealkylation sites (tertiary alicyclic amines) is 1. The Hall–Kier alpha value is -3.32. The topological polar surface area (TPSA) is 77.0 Å². The number of guanidine groups is 1. The molecular weight excluding hydrogens is 424 g/mol. The van der Waals surface area contributed by atoms with Crippen molar-refractivity contribution < 1.29 is 4.74 Å². The van der Waals surface area contributed by atoms with Gasteiger partial charge in [0.15, 0.2) is 0 Å². The van der Waals surface area contributed by atoms with Gasteiger partial charge in [-0.3, -0.25) is 9.89 Å². The van der Waals surface area contributed by atoms with Gasteiger partial charge in [-0.05, 0) is 68.2 Å². The second kappa shape index (κ2) is 10.3. The Morgan fingerprint density at radius 3 is 2.74 bits per heavy atom. The second-order valence-corrected chi connectivity index (χ2v) is 9.28. The summed E-state index contributed by atoms with van der Waals surface area (Å²) in [6.45, 7) is 9.81. The fourth-order valence-corrected chi connectivity index (χ4v) is 4.55. The lowest BCUT2D eigenvalue weighted by Gasteiger charge is -2.21. The lowest BCUT2D eigenvalue weighted by molar-refractivity contribution is 0.238. The Morgan fingerprint density at radius 2 is 1.91 bits per heavy atom. The normalized spacial score (nSPS) is 18.6. The van der Waals surface area contributed by atoms with Crippen molar-refractivity contribution in [2.75, 3.05) is 38.1 Å². The van der Waals surface area contributed by atoms with Gasteiger partial charge in [0, 0.05) is 36.3 Å². The number of hydrogen-bond donors (Lipinski definition) is 3. The van der Waals surface area contributed by atoms with Crippen molar-refractivity contribution in [3.63, 3.8) is 0 Å². The van der Waals surface area contributed by atoms with Gasteiger partial charge >= 0.3 is 0 Å². The average molecular weight is 459 g/mol. The molecule has 2 aliphatic rings. The van der Waals surface area contributed by atoms with Gasteiger partial charge in [0.05, 0.1) is 12.1 Å². The molecule has 178 valence electrons. The molecule has 0 radical (unpaired) electrons. The summed E-state index contributed by atoms with van der Waals surface area (Å²) in [7, 11) is 0. The molecule has 0 aliphatic carbocycles. The molecule has 1 saturated heterocycles. The highest BCUT2D eigenvalue weighted by molar-refractivity contribution is 6.09. The Labute approximate surface area is 201 Å². The number of aromatic nitrogens is 1. The van der Waals surface area contributed by atoms with E-state index in [4.69, 9.17) is 9.73 Å². The van der Waals surface area contributed by atoms with Crippen LogP contribution in [0.1, 0.15) is 30.9 Å². The number of ether oxygens (including phenoxy) is 1. The minimum atomic E-state index is 0.234. The molecular formula is C27H34N6O. The molecule has 7 nitrogen and oxygen atoms in total. The number of hydrogen-bond acceptors (Lipinski definition) is 6. The van der Waals surface area contributed by atoms with Gasteiger partial charge in [-0.1, -0.05) is 25.1 Å². The number of H-pyrrole nitrogens is 1. The summed E-state index contributed by atoms with van der Waals surface area (Å²) < 4.78 is 5.91. The van der Waals surface area contributed by atoms with E-state index in [1.165, 1.54) is 42.4 Å². The summed E-state index contributed by atoms with van der Waals surface area (Å²) in [4.78, 5) is 15.2. The van der Waals surface area contributed by atoms with Crippen LogP contribution in [0.3, 0.4) is 0 Å². The number of rotatable bonds is 7. The summed E-state index contributed by atoms with van der Waals surface area (Å²) in [5.41, 5.74) is 4.63. The molecule has 0 saturated carbocycles. The van der Waals surface area contributed by atoms with Gasteiger partial charge in [0.2, 0.25) is 5.96 Å². The number of anilines is 1. The first-order valence-electron chi connectivity index (χ1n) is 12.3. The predicted molar refractivity (Wildman–Crippen MR) is 140 cm³/mol. The van der Waals surface area contributed by atoms with E-state index in [1.54, 1.807) is 0 Å². The van der Waals surface area contributed by atoms with Crippen molar-refractivity contribution in [3.05, 3.63) is 59.8 Å². The maximum Gasteiger partial charge on any atom is 0.219 e. The summed E-state index contributed by atoms with van der Waals surface area (Å²) in [5.74, 6) is 2.76. The van der Waals surface area contributed by atoms with Crippen LogP contribution in [0.25, 0.3) is 10.9 Å². The van der Waals surface area contributed by atoms with Gasteiger partial charge in [0.1, 0.15) is 18.2 Å². The minimum absolute atomic E-state index is 0.234. The third kappa shape index (κ3) is 5.25. The van der Waals surface area contributed by atoms with Gasteiger partial charge in [-0.2, -0.15) is 4.99 Å². The van der Waals surface area contributed by atoms with Crippen LogP contribution in [-0.2, 0) is 6.54 Å². The molecule has 7 heteroatoms. The van der Waals surface area contributed by atoms with Crippen molar-refractivity contribution in [3.8, 4) is 5.75 Å². The molecule has 1 atom stereocenters.